The summed E-state index contributed by atoms with van der Waals surface area (Å²) in [5.74, 6) is 0.998. The highest BCUT2D eigenvalue weighted by Crippen LogP contribution is 2.35. The van der Waals surface area contributed by atoms with Crippen molar-refractivity contribution in [2.24, 2.45) is 5.92 Å². The van der Waals surface area contributed by atoms with Crippen LogP contribution in [0.2, 0.25) is 0 Å². The molecule has 2 fully saturated rings. The van der Waals surface area contributed by atoms with Gasteiger partial charge in [0.2, 0.25) is 0 Å². The number of amides is 2. The number of carbonyl (C=O) groups is 2. The van der Waals surface area contributed by atoms with Gasteiger partial charge in [0.25, 0.3) is 11.8 Å². The van der Waals surface area contributed by atoms with Gasteiger partial charge in [-0.2, -0.15) is 0 Å². The van der Waals surface area contributed by atoms with E-state index in [0.717, 1.165) is 42.2 Å². The normalized spacial score (nSPS) is 18.6. The van der Waals surface area contributed by atoms with Gasteiger partial charge < -0.3 is 20.6 Å². The maximum absolute atomic E-state index is 13.5. The maximum Gasteiger partial charge on any atom is 0.280 e. The molecule has 0 spiro atoms. The summed E-state index contributed by atoms with van der Waals surface area (Å²) in [5.41, 5.74) is 1.04. The highest BCUT2D eigenvalue weighted by atomic mass is 32.1. The van der Waals surface area contributed by atoms with E-state index in [0.29, 0.717) is 17.1 Å². The number of hydrogen-bond donors (Lipinski definition) is 3. The van der Waals surface area contributed by atoms with Gasteiger partial charge >= 0.3 is 0 Å². The summed E-state index contributed by atoms with van der Waals surface area (Å²) in [6.07, 6.45) is 7.54. The topological polar surface area (TPSA) is 107 Å². The van der Waals surface area contributed by atoms with E-state index in [1.165, 1.54) is 30.6 Å². The Hall–Kier alpha value is -2.52. The molecule has 0 radical (unpaired) electrons. The van der Waals surface area contributed by atoms with Crippen molar-refractivity contribution in [2.45, 2.75) is 71.4 Å². The fraction of sp³-hybridized carbons (Fsp3) is 0.600. The highest BCUT2D eigenvalue weighted by Gasteiger charge is 2.32. The molecule has 34 heavy (non-hydrogen) atoms. The molecule has 1 aliphatic carbocycles. The number of anilines is 1. The Morgan fingerprint density at radius 3 is 2.62 bits per heavy atom. The number of pyridine rings is 1. The summed E-state index contributed by atoms with van der Waals surface area (Å²) in [6, 6.07) is 2.14. The van der Waals surface area contributed by atoms with E-state index in [-0.39, 0.29) is 23.5 Å². The molecule has 4 rings (SSSR count). The van der Waals surface area contributed by atoms with Crippen molar-refractivity contribution in [3.05, 3.63) is 28.5 Å². The Labute approximate surface area is 205 Å². The number of aliphatic hydroxyl groups is 1. The lowest BCUT2D eigenvalue weighted by atomic mass is 9.85. The molecule has 2 amide bonds. The van der Waals surface area contributed by atoms with Crippen LogP contribution in [0.3, 0.4) is 0 Å². The smallest absolute Gasteiger partial charge is 0.280 e. The maximum atomic E-state index is 13.5. The third-order valence-corrected chi connectivity index (χ3v) is 7.76. The summed E-state index contributed by atoms with van der Waals surface area (Å²) >= 11 is 1.20. The van der Waals surface area contributed by atoms with Gasteiger partial charge in [0.15, 0.2) is 5.01 Å². The first-order valence-corrected chi connectivity index (χ1v) is 13.0. The van der Waals surface area contributed by atoms with Crippen LogP contribution in [-0.4, -0.2) is 63.1 Å². The standard InChI is InChI=1S/C25H35N5O3S/c1-15-11-19(26-12-17-8-5-9-17)27-13-18(15)21-20(24(32)30-10-6-7-16(30)2)29-23(34-21)22(31)28-14-25(3,4)33/h11,13,16-17,33H,5-10,12,14H2,1-4H3,(H,26,27)(H,28,31)/t16-/m0/s1. The van der Waals surface area contributed by atoms with Crippen LogP contribution >= 0.6 is 11.3 Å². The Morgan fingerprint density at radius 2 is 2.03 bits per heavy atom. The van der Waals surface area contributed by atoms with Crippen molar-refractivity contribution in [3.8, 4) is 10.4 Å². The van der Waals surface area contributed by atoms with Gasteiger partial charge in [-0.1, -0.05) is 6.42 Å². The fourth-order valence-corrected chi connectivity index (χ4v) is 5.37. The molecule has 8 nitrogen and oxygen atoms in total. The van der Waals surface area contributed by atoms with Crippen LogP contribution in [0.15, 0.2) is 12.3 Å². The van der Waals surface area contributed by atoms with Crippen LogP contribution in [0, 0.1) is 12.8 Å². The van der Waals surface area contributed by atoms with Gasteiger partial charge in [-0.25, -0.2) is 9.97 Å². The molecular weight excluding hydrogens is 450 g/mol. The molecule has 1 saturated carbocycles. The predicted molar refractivity (Wildman–Crippen MR) is 134 cm³/mol. The molecule has 0 bridgehead atoms. The van der Waals surface area contributed by atoms with E-state index in [2.05, 4.69) is 20.6 Å². The average Bonchev–Trinajstić information content (AvgIpc) is 3.37. The second-order valence-corrected chi connectivity index (χ2v) is 11.2. The third-order valence-electron chi connectivity index (χ3n) is 6.67. The minimum Gasteiger partial charge on any atom is -0.389 e. The lowest BCUT2D eigenvalue weighted by Crippen LogP contribution is -2.38. The minimum atomic E-state index is -1.04. The van der Waals surface area contributed by atoms with Gasteiger partial charge in [0, 0.05) is 37.4 Å². The highest BCUT2D eigenvalue weighted by molar-refractivity contribution is 7.17. The predicted octanol–water partition coefficient (Wildman–Crippen LogP) is 3.85. The van der Waals surface area contributed by atoms with Crippen molar-refractivity contribution in [3.63, 3.8) is 0 Å². The molecule has 0 aromatic carbocycles. The zero-order valence-electron chi connectivity index (χ0n) is 20.5. The van der Waals surface area contributed by atoms with Gasteiger partial charge in [-0.05, 0) is 70.9 Å². The Bertz CT molecular complexity index is 1060. The van der Waals surface area contributed by atoms with Crippen LogP contribution < -0.4 is 10.6 Å². The molecule has 1 aliphatic heterocycles. The van der Waals surface area contributed by atoms with Crippen LogP contribution in [0.4, 0.5) is 5.82 Å². The summed E-state index contributed by atoms with van der Waals surface area (Å²) < 4.78 is 0. The molecule has 184 valence electrons. The molecule has 3 N–H and O–H groups in total. The average molecular weight is 486 g/mol. The SMILES string of the molecule is Cc1cc(NCC2CCC2)ncc1-c1sc(C(=O)NCC(C)(C)O)nc1C(=O)N1CCC[C@@H]1C. The number of likely N-dealkylation sites (tertiary alicyclic amines) is 1. The lowest BCUT2D eigenvalue weighted by Gasteiger charge is -2.25. The van der Waals surface area contributed by atoms with E-state index in [4.69, 9.17) is 0 Å². The van der Waals surface area contributed by atoms with Crippen LogP contribution in [-0.2, 0) is 0 Å². The Kier molecular flexibility index (Phi) is 7.23. The minimum absolute atomic E-state index is 0.0924. The molecule has 2 aromatic heterocycles. The molecule has 3 heterocycles. The summed E-state index contributed by atoms with van der Waals surface area (Å²) in [5, 5.41) is 16.3. The number of thiazole rings is 1. The fourth-order valence-electron chi connectivity index (χ4n) is 4.32. The first kappa shape index (κ1) is 24.6. The number of carbonyl (C=O) groups excluding carboxylic acids is 2. The second-order valence-electron chi connectivity index (χ2n) is 10.2. The third kappa shape index (κ3) is 5.58. The first-order valence-electron chi connectivity index (χ1n) is 12.2. The number of aromatic nitrogens is 2. The Morgan fingerprint density at radius 1 is 1.26 bits per heavy atom. The molecular formula is C25H35N5O3S. The number of nitrogens with zero attached hydrogens (tertiary/aromatic N) is 3. The van der Waals surface area contributed by atoms with E-state index in [9.17, 15) is 14.7 Å². The van der Waals surface area contributed by atoms with Gasteiger partial charge in [-0.3, -0.25) is 9.59 Å². The van der Waals surface area contributed by atoms with E-state index >= 15 is 0 Å². The molecule has 9 heteroatoms. The largest absolute Gasteiger partial charge is 0.389 e. The summed E-state index contributed by atoms with van der Waals surface area (Å²) in [6.45, 7) is 9.00. The molecule has 0 unspecified atom stereocenters. The van der Waals surface area contributed by atoms with Crippen molar-refractivity contribution in [2.75, 3.05) is 25.0 Å². The second kappa shape index (κ2) is 10.00. The first-order chi connectivity index (χ1) is 16.1. The van der Waals surface area contributed by atoms with Gasteiger partial charge in [-0.15, -0.1) is 11.3 Å². The Balaban J connectivity index is 1.63. The zero-order chi connectivity index (χ0) is 24.5. The molecule has 2 aliphatic rings. The van der Waals surface area contributed by atoms with Gasteiger partial charge in [0.05, 0.1) is 10.5 Å². The number of rotatable bonds is 8. The number of nitrogens with one attached hydrogen (secondary N) is 2. The van der Waals surface area contributed by atoms with Crippen LogP contribution in [0.25, 0.3) is 10.4 Å². The van der Waals surface area contributed by atoms with E-state index < -0.39 is 11.5 Å². The molecule has 2 aromatic rings. The van der Waals surface area contributed by atoms with E-state index in [1.54, 1.807) is 20.0 Å². The molecule has 1 atom stereocenters. The van der Waals surface area contributed by atoms with Crippen molar-refractivity contribution in [1.82, 2.24) is 20.2 Å². The lowest BCUT2D eigenvalue weighted by molar-refractivity contribution is 0.0692. The molecule has 1 saturated heterocycles. The monoisotopic (exact) mass is 485 g/mol. The zero-order valence-corrected chi connectivity index (χ0v) is 21.3. The summed E-state index contributed by atoms with van der Waals surface area (Å²) in [7, 11) is 0. The number of hydrogen-bond acceptors (Lipinski definition) is 7. The number of aryl methyl sites for hydroxylation is 1. The van der Waals surface area contributed by atoms with Crippen molar-refractivity contribution in [1.29, 1.82) is 0 Å². The van der Waals surface area contributed by atoms with Crippen LogP contribution in [0.1, 0.15) is 78.7 Å². The quantitative estimate of drug-likeness (QED) is 0.524. The van der Waals surface area contributed by atoms with Crippen LogP contribution in [0.5, 0.6) is 0 Å². The van der Waals surface area contributed by atoms with Crippen molar-refractivity contribution >= 4 is 29.0 Å². The van der Waals surface area contributed by atoms with Gasteiger partial charge in [0.1, 0.15) is 11.5 Å². The summed E-state index contributed by atoms with van der Waals surface area (Å²) in [4.78, 5) is 37.9. The van der Waals surface area contributed by atoms with E-state index in [1.807, 2.05) is 24.8 Å². The van der Waals surface area contributed by atoms with Crippen molar-refractivity contribution < 1.29 is 14.7 Å².